The molecule has 2 unspecified atom stereocenters. The van der Waals surface area contributed by atoms with Gasteiger partial charge < -0.3 is 10.1 Å². The van der Waals surface area contributed by atoms with Crippen LogP contribution in [0.3, 0.4) is 0 Å². The van der Waals surface area contributed by atoms with E-state index in [9.17, 15) is 0 Å². The van der Waals surface area contributed by atoms with E-state index >= 15 is 0 Å². The van der Waals surface area contributed by atoms with E-state index in [1.54, 1.807) is 11.3 Å². The van der Waals surface area contributed by atoms with Crippen molar-refractivity contribution in [2.45, 2.75) is 25.8 Å². The predicted molar refractivity (Wildman–Crippen MR) is 64.3 cm³/mol. The fourth-order valence-corrected chi connectivity index (χ4v) is 2.87. The minimum absolute atomic E-state index is 0.521. The maximum atomic E-state index is 5.43. The van der Waals surface area contributed by atoms with E-state index < -0.39 is 0 Å². The Bertz CT molecular complexity index is 267. The summed E-state index contributed by atoms with van der Waals surface area (Å²) in [5.41, 5.74) is 1.44. The van der Waals surface area contributed by atoms with Crippen molar-refractivity contribution in [2.75, 3.05) is 19.8 Å². The third-order valence-corrected chi connectivity index (χ3v) is 3.69. The average molecular weight is 225 g/mol. The van der Waals surface area contributed by atoms with Gasteiger partial charge in [-0.25, -0.2) is 0 Å². The molecule has 0 amide bonds. The van der Waals surface area contributed by atoms with Crippen LogP contribution < -0.4 is 5.32 Å². The molecule has 2 atom stereocenters. The molecule has 2 heterocycles. The Hall–Kier alpha value is -0.380. The summed E-state index contributed by atoms with van der Waals surface area (Å²) in [6, 6.07) is 2.75. The summed E-state index contributed by atoms with van der Waals surface area (Å²) in [5.74, 6) is 0.744. The van der Waals surface area contributed by atoms with Gasteiger partial charge in [0.25, 0.3) is 0 Å². The van der Waals surface area contributed by atoms with Gasteiger partial charge >= 0.3 is 0 Å². The van der Waals surface area contributed by atoms with Crippen LogP contribution in [0.25, 0.3) is 0 Å². The molecule has 1 aliphatic rings. The average Bonchev–Trinajstić information content (AvgIpc) is 2.89. The van der Waals surface area contributed by atoms with E-state index in [0.29, 0.717) is 6.04 Å². The Kier molecular flexibility index (Phi) is 4.18. The molecule has 15 heavy (non-hydrogen) atoms. The molecule has 2 nitrogen and oxygen atoms in total. The van der Waals surface area contributed by atoms with E-state index in [1.807, 2.05) is 0 Å². The molecule has 3 heteroatoms. The number of nitrogens with one attached hydrogen (secondary N) is 1. The van der Waals surface area contributed by atoms with Crippen LogP contribution in [0, 0.1) is 5.92 Å². The molecule has 84 valence electrons. The van der Waals surface area contributed by atoms with Gasteiger partial charge in [-0.1, -0.05) is 6.92 Å². The lowest BCUT2D eigenvalue weighted by Gasteiger charge is -2.19. The van der Waals surface area contributed by atoms with E-state index in [-0.39, 0.29) is 0 Å². The second-order valence-electron chi connectivity index (χ2n) is 4.13. The molecule has 1 N–H and O–H groups in total. The molecular weight excluding hydrogens is 206 g/mol. The molecule has 1 saturated heterocycles. The molecule has 0 aliphatic carbocycles. The van der Waals surface area contributed by atoms with Crippen LogP contribution in [0.1, 0.15) is 31.4 Å². The van der Waals surface area contributed by atoms with Gasteiger partial charge in [-0.3, -0.25) is 0 Å². The first kappa shape index (κ1) is 11.1. The first-order valence-corrected chi connectivity index (χ1v) is 6.67. The molecule has 0 saturated carbocycles. The van der Waals surface area contributed by atoms with E-state index in [1.165, 1.54) is 18.4 Å². The highest BCUT2D eigenvalue weighted by atomic mass is 32.1. The van der Waals surface area contributed by atoms with Crippen molar-refractivity contribution in [3.8, 4) is 0 Å². The summed E-state index contributed by atoms with van der Waals surface area (Å²) in [5, 5.41) is 7.97. The highest BCUT2D eigenvalue weighted by Crippen LogP contribution is 2.27. The smallest absolute Gasteiger partial charge is 0.0495 e. The Labute approximate surface area is 95.6 Å². The number of ether oxygens (including phenoxy) is 1. The van der Waals surface area contributed by atoms with Crippen LogP contribution in [0.5, 0.6) is 0 Å². The van der Waals surface area contributed by atoms with Gasteiger partial charge in [0.05, 0.1) is 0 Å². The van der Waals surface area contributed by atoms with Crippen molar-refractivity contribution in [1.29, 1.82) is 0 Å². The highest BCUT2D eigenvalue weighted by Gasteiger charge is 2.21. The largest absolute Gasteiger partial charge is 0.381 e. The van der Waals surface area contributed by atoms with Gasteiger partial charge in [0.1, 0.15) is 0 Å². The van der Waals surface area contributed by atoms with Crippen LogP contribution in [-0.4, -0.2) is 19.8 Å². The number of thiophene rings is 1. The lowest BCUT2D eigenvalue weighted by Crippen LogP contribution is -2.23. The Morgan fingerprint density at radius 3 is 3.20 bits per heavy atom. The van der Waals surface area contributed by atoms with Gasteiger partial charge in [-0.05, 0) is 47.7 Å². The minimum atomic E-state index is 0.521. The zero-order valence-corrected chi connectivity index (χ0v) is 10.1. The second kappa shape index (κ2) is 5.64. The lowest BCUT2D eigenvalue weighted by molar-refractivity contribution is 0.181. The van der Waals surface area contributed by atoms with E-state index in [2.05, 4.69) is 29.1 Å². The van der Waals surface area contributed by atoms with Crippen molar-refractivity contribution in [3.05, 3.63) is 22.4 Å². The number of hydrogen-bond acceptors (Lipinski definition) is 3. The topological polar surface area (TPSA) is 21.3 Å². The predicted octanol–water partition coefficient (Wildman–Crippen LogP) is 2.83. The molecule has 0 spiro atoms. The standard InChI is InChI=1S/C12H19NOS/c1-2-13-12(11-4-6-15-9-11)7-10-3-5-14-8-10/h4,6,9-10,12-13H,2-3,5,7-8H2,1H3. The maximum absolute atomic E-state index is 5.43. The maximum Gasteiger partial charge on any atom is 0.0495 e. The van der Waals surface area contributed by atoms with Gasteiger partial charge in [-0.15, -0.1) is 0 Å². The van der Waals surface area contributed by atoms with Crippen molar-refractivity contribution in [2.24, 2.45) is 5.92 Å². The SMILES string of the molecule is CCNC(CC1CCOC1)c1ccsc1. The Morgan fingerprint density at radius 2 is 2.60 bits per heavy atom. The number of hydrogen-bond donors (Lipinski definition) is 1. The second-order valence-corrected chi connectivity index (χ2v) is 4.91. The Morgan fingerprint density at radius 1 is 1.67 bits per heavy atom. The molecule has 1 aromatic heterocycles. The lowest BCUT2D eigenvalue weighted by atomic mass is 9.96. The zero-order valence-electron chi connectivity index (χ0n) is 9.24. The summed E-state index contributed by atoms with van der Waals surface area (Å²) < 4.78 is 5.43. The Balaban J connectivity index is 1.93. The normalized spacial score (nSPS) is 23.1. The van der Waals surface area contributed by atoms with Gasteiger partial charge in [0, 0.05) is 19.3 Å². The van der Waals surface area contributed by atoms with Crippen molar-refractivity contribution >= 4 is 11.3 Å². The van der Waals surface area contributed by atoms with Gasteiger partial charge in [0.2, 0.25) is 0 Å². The molecule has 1 aliphatic heterocycles. The van der Waals surface area contributed by atoms with Crippen molar-refractivity contribution < 1.29 is 4.74 Å². The minimum Gasteiger partial charge on any atom is -0.381 e. The summed E-state index contributed by atoms with van der Waals surface area (Å²) in [7, 11) is 0. The van der Waals surface area contributed by atoms with Gasteiger partial charge in [-0.2, -0.15) is 11.3 Å². The summed E-state index contributed by atoms with van der Waals surface area (Å²) in [4.78, 5) is 0. The third-order valence-electron chi connectivity index (χ3n) is 2.99. The van der Waals surface area contributed by atoms with E-state index in [4.69, 9.17) is 4.74 Å². The molecule has 0 bridgehead atoms. The van der Waals surface area contributed by atoms with Crippen molar-refractivity contribution in [1.82, 2.24) is 5.32 Å². The van der Waals surface area contributed by atoms with Crippen molar-refractivity contribution in [3.63, 3.8) is 0 Å². The van der Waals surface area contributed by atoms with Crippen LogP contribution in [-0.2, 0) is 4.74 Å². The molecule has 0 radical (unpaired) electrons. The summed E-state index contributed by atoms with van der Waals surface area (Å²) in [6.45, 7) is 5.11. The molecule has 0 aromatic carbocycles. The molecule has 1 aromatic rings. The van der Waals surface area contributed by atoms with Crippen LogP contribution in [0.4, 0.5) is 0 Å². The summed E-state index contributed by atoms with van der Waals surface area (Å²) in [6.07, 6.45) is 2.44. The number of rotatable bonds is 5. The van der Waals surface area contributed by atoms with Crippen LogP contribution in [0.15, 0.2) is 16.8 Å². The quantitative estimate of drug-likeness (QED) is 0.832. The van der Waals surface area contributed by atoms with Gasteiger partial charge in [0.15, 0.2) is 0 Å². The fourth-order valence-electron chi connectivity index (χ4n) is 2.16. The fraction of sp³-hybridized carbons (Fsp3) is 0.667. The van der Waals surface area contributed by atoms with E-state index in [0.717, 1.165) is 25.7 Å². The first-order valence-electron chi connectivity index (χ1n) is 5.73. The van der Waals surface area contributed by atoms with Crippen LogP contribution >= 0.6 is 11.3 Å². The molecular formula is C12H19NOS. The first-order chi connectivity index (χ1) is 7.40. The molecule has 1 fully saturated rings. The molecule has 2 rings (SSSR count). The third kappa shape index (κ3) is 3.03. The highest BCUT2D eigenvalue weighted by molar-refractivity contribution is 7.07. The monoisotopic (exact) mass is 225 g/mol. The van der Waals surface area contributed by atoms with Crippen LogP contribution in [0.2, 0.25) is 0 Å². The zero-order chi connectivity index (χ0) is 10.5. The summed E-state index contributed by atoms with van der Waals surface area (Å²) >= 11 is 1.78.